The number of benzene rings is 1. The number of rotatable bonds is 3. The van der Waals surface area contributed by atoms with Crippen LogP contribution in [-0.4, -0.2) is 44.2 Å². The fourth-order valence-electron chi connectivity index (χ4n) is 3.23. The van der Waals surface area contributed by atoms with E-state index in [9.17, 15) is 4.79 Å². The van der Waals surface area contributed by atoms with E-state index in [-0.39, 0.29) is 11.8 Å². The zero-order valence-corrected chi connectivity index (χ0v) is 14.2. The molecule has 0 radical (unpaired) electrons. The van der Waals surface area contributed by atoms with Crippen molar-refractivity contribution < 1.29 is 9.32 Å². The molecule has 0 spiro atoms. The lowest BCUT2D eigenvalue weighted by atomic mass is 9.82. The molecule has 0 aliphatic heterocycles. The first kappa shape index (κ1) is 15.6. The quantitative estimate of drug-likeness (QED) is 0.874. The Kier molecular flexibility index (Phi) is 4.11. The van der Waals surface area contributed by atoms with Gasteiger partial charge in [-0.2, -0.15) is 0 Å². The Hall–Kier alpha value is -2.30. The minimum Gasteiger partial charge on any atom is -0.347 e. The molecular weight excluding hydrogens is 290 g/mol. The number of amides is 1. The van der Waals surface area contributed by atoms with Gasteiger partial charge in [0.1, 0.15) is 0 Å². The Balaban J connectivity index is 1.91. The molecule has 2 aromatic rings. The molecule has 1 aromatic carbocycles. The van der Waals surface area contributed by atoms with Crippen LogP contribution in [0.3, 0.4) is 0 Å². The number of hydrogen-bond acceptors (Lipinski definition) is 4. The molecule has 23 heavy (non-hydrogen) atoms. The predicted molar refractivity (Wildman–Crippen MR) is 90.1 cm³/mol. The van der Waals surface area contributed by atoms with Gasteiger partial charge in [-0.1, -0.05) is 17.3 Å². The molecule has 1 heterocycles. The number of aromatic nitrogens is 1. The van der Waals surface area contributed by atoms with Gasteiger partial charge >= 0.3 is 0 Å². The largest absolute Gasteiger partial charge is 0.347 e. The summed E-state index contributed by atoms with van der Waals surface area (Å²) in [5, 5.41) is 4.33. The number of hydrogen-bond donors (Lipinski definition) is 0. The van der Waals surface area contributed by atoms with Crippen molar-refractivity contribution in [1.29, 1.82) is 0 Å². The van der Waals surface area contributed by atoms with Gasteiger partial charge in [0.25, 0.3) is 5.91 Å². The van der Waals surface area contributed by atoms with Gasteiger partial charge in [0.05, 0.1) is 5.69 Å². The van der Waals surface area contributed by atoms with E-state index in [1.165, 1.54) is 11.1 Å². The van der Waals surface area contributed by atoms with Crippen LogP contribution < -0.4 is 4.90 Å². The number of anilines is 1. The van der Waals surface area contributed by atoms with Crippen LogP contribution >= 0.6 is 0 Å². The molecule has 0 saturated heterocycles. The second kappa shape index (κ2) is 6.07. The Morgan fingerprint density at radius 2 is 1.87 bits per heavy atom. The highest BCUT2D eigenvalue weighted by atomic mass is 16.5. The fraction of sp³-hybridized carbons (Fsp3) is 0.444. The summed E-state index contributed by atoms with van der Waals surface area (Å²) in [5.74, 6) is 1.14. The van der Waals surface area contributed by atoms with E-state index in [1.807, 2.05) is 43.3 Å². The van der Waals surface area contributed by atoms with Crippen LogP contribution in [0.1, 0.15) is 45.9 Å². The zero-order chi connectivity index (χ0) is 16.6. The third-order valence-electron chi connectivity index (χ3n) is 4.42. The van der Waals surface area contributed by atoms with Gasteiger partial charge in [-0.05, 0) is 37.0 Å². The fourth-order valence-corrected chi connectivity index (χ4v) is 3.23. The van der Waals surface area contributed by atoms with E-state index in [0.717, 1.165) is 30.8 Å². The van der Waals surface area contributed by atoms with Gasteiger partial charge in [0, 0.05) is 45.2 Å². The third kappa shape index (κ3) is 2.83. The maximum atomic E-state index is 12.0. The van der Waals surface area contributed by atoms with Crippen LogP contribution in [0.15, 0.2) is 28.8 Å². The van der Waals surface area contributed by atoms with Crippen molar-refractivity contribution in [3.63, 3.8) is 0 Å². The molecule has 0 bridgehead atoms. The van der Waals surface area contributed by atoms with E-state index in [1.54, 1.807) is 19.0 Å². The van der Waals surface area contributed by atoms with Crippen LogP contribution in [0.4, 0.5) is 5.88 Å². The Labute approximate surface area is 136 Å². The van der Waals surface area contributed by atoms with Crippen LogP contribution in [0, 0.1) is 0 Å². The second-order valence-electron chi connectivity index (χ2n) is 6.51. The highest BCUT2D eigenvalue weighted by Crippen LogP contribution is 2.39. The summed E-state index contributed by atoms with van der Waals surface area (Å²) in [7, 11) is 7.49. The van der Waals surface area contributed by atoms with Crippen molar-refractivity contribution in [2.45, 2.75) is 25.2 Å². The minimum atomic E-state index is 0.0252. The molecule has 0 N–H and O–H groups in total. The summed E-state index contributed by atoms with van der Waals surface area (Å²) in [6.45, 7) is 0. The predicted octanol–water partition coefficient (Wildman–Crippen LogP) is 2.91. The maximum Gasteiger partial charge on any atom is 0.253 e. The van der Waals surface area contributed by atoms with Crippen LogP contribution in [0.2, 0.25) is 0 Å². The summed E-state index contributed by atoms with van der Waals surface area (Å²) < 4.78 is 5.54. The van der Waals surface area contributed by atoms with Crippen LogP contribution in [-0.2, 0) is 6.42 Å². The molecule has 122 valence electrons. The first-order valence-electron chi connectivity index (χ1n) is 7.96. The first-order valence-corrected chi connectivity index (χ1v) is 7.96. The third-order valence-corrected chi connectivity index (χ3v) is 4.42. The summed E-state index contributed by atoms with van der Waals surface area (Å²) >= 11 is 0. The minimum absolute atomic E-state index is 0.0252. The Bertz CT molecular complexity index is 702. The molecule has 1 amide bonds. The van der Waals surface area contributed by atoms with E-state index in [4.69, 9.17) is 4.52 Å². The van der Waals surface area contributed by atoms with Crippen molar-refractivity contribution in [3.05, 3.63) is 46.6 Å². The topological polar surface area (TPSA) is 49.6 Å². The standard InChI is InChI=1S/C18H23N3O2/c1-20(2)17(22)13-10-8-12(9-11-13)14-6-5-7-15-16(14)19-23-18(15)21(3)4/h8-11,14H,5-7H2,1-4H3. The smallest absolute Gasteiger partial charge is 0.253 e. The molecule has 3 rings (SSSR count). The highest BCUT2D eigenvalue weighted by Gasteiger charge is 2.29. The summed E-state index contributed by atoms with van der Waals surface area (Å²) in [6.07, 6.45) is 3.20. The van der Waals surface area contributed by atoms with Gasteiger partial charge in [-0.15, -0.1) is 0 Å². The van der Waals surface area contributed by atoms with E-state index in [2.05, 4.69) is 5.16 Å². The van der Waals surface area contributed by atoms with Gasteiger partial charge in [-0.3, -0.25) is 4.79 Å². The number of carbonyl (C=O) groups excluding carboxylic acids is 1. The molecule has 1 aliphatic carbocycles. The zero-order valence-electron chi connectivity index (χ0n) is 14.2. The maximum absolute atomic E-state index is 12.0. The lowest BCUT2D eigenvalue weighted by Gasteiger charge is -2.22. The molecular formula is C18H23N3O2. The van der Waals surface area contributed by atoms with Gasteiger partial charge in [0.15, 0.2) is 0 Å². The van der Waals surface area contributed by atoms with Crippen molar-refractivity contribution in [1.82, 2.24) is 10.1 Å². The summed E-state index contributed by atoms with van der Waals surface area (Å²) in [5.41, 5.74) is 4.18. The normalized spacial score (nSPS) is 16.8. The molecule has 1 aromatic heterocycles. The molecule has 5 nitrogen and oxygen atoms in total. The molecule has 1 aliphatic rings. The number of nitrogens with zero attached hydrogens (tertiary/aromatic N) is 3. The van der Waals surface area contributed by atoms with Crippen molar-refractivity contribution >= 4 is 11.8 Å². The van der Waals surface area contributed by atoms with E-state index < -0.39 is 0 Å². The highest BCUT2D eigenvalue weighted by molar-refractivity contribution is 5.93. The van der Waals surface area contributed by atoms with Crippen molar-refractivity contribution in [3.8, 4) is 0 Å². The number of carbonyl (C=O) groups is 1. The lowest BCUT2D eigenvalue weighted by molar-refractivity contribution is 0.0827. The van der Waals surface area contributed by atoms with Gasteiger partial charge < -0.3 is 14.3 Å². The average molecular weight is 313 g/mol. The Morgan fingerprint density at radius 1 is 1.17 bits per heavy atom. The molecule has 1 atom stereocenters. The average Bonchev–Trinajstić information content (AvgIpc) is 2.98. The molecule has 1 unspecified atom stereocenters. The van der Waals surface area contributed by atoms with Gasteiger partial charge in [-0.25, -0.2) is 0 Å². The molecule has 5 heteroatoms. The molecule has 0 fully saturated rings. The summed E-state index contributed by atoms with van der Waals surface area (Å²) in [6, 6.07) is 7.89. The van der Waals surface area contributed by atoms with Crippen LogP contribution in [0.25, 0.3) is 0 Å². The molecule has 0 saturated carbocycles. The number of fused-ring (bicyclic) bond motifs is 1. The summed E-state index contributed by atoms with van der Waals surface area (Å²) in [4.78, 5) is 15.6. The lowest BCUT2D eigenvalue weighted by Crippen LogP contribution is -2.21. The van der Waals surface area contributed by atoms with E-state index in [0.29, 0.717) is 5.56 Å². The SMILES string of the molecule is CN(C)C(=O)c1ccc(C2CCCc3c2noc3N(C)C)cc1. The first-order chi connectivity index (χ1) is 11.0. The monoisotopic (exact) mass is 313 g/mol. The Morgan fingerprint density at radius 3 is 2.48 bits per heavy atom. The van der Waals surface area contributed by atoms with Crippen LogP contribution in [0.5, 0.6) is 0 Å². The second-order valence-corrected chi connectivity index (χ2v) is 6.51. The van der Waals surface area contributed by atoms with Crippen molar-refractivity contribution in [2.24, 2.45) is 0 Å². The van der Waals surface area contributed by atoms with Gasteiger partial charge in [0.2, 0.25) is 5.88 Å². The van der Waals surface area contributed by atoms with E-state index >= 15 is 0 Å². The van der Waals surface area contributed by atoms with Crippen molar-refractivity contribution in [2.75, 3.05) is 33.1 Å².